The molecular formula is C14H9F3N4O. The summed E-state index contributed by atoms with van der Waals surface area (Å²) in [5, 5.41) is 2.35. The minimum absolute atomic E-state index is 0.159. The normalized spacial score (nSPS) is 11.6. The van der Waals surface area contributed by atoms with Crippen LogP contribution in [0.5, 0.6) is 0 Å². The molecule has 0 bridgehead atoms. The van der Waals surface area contributed by atoms with Gasteiger partial charge in [0.25, 0.3) is 5.91 Å². The number of carbonyl (C=O) groups excluding carboxylic acids is 1. The number of imidazole rings is 1. The SMILES string of the molecule is O=C(Nc1cc(C(F)(F)F)ccn1)c1ccn2cncc2c1. The summed E-state index contributed by atoms with van der Waals surface area (Å²) in [6.07, 6.45) is 1.29. The molecule has 0 unspecified atom stereocenters. The first-order valence-corrected chi connectivity index (χ1v) is 6.20. The Morgan fingerprint density at radius 2 is 2.05 bits per heavy atom. The molecule has 0 atom stereocenters. The van der Waals surface area contributed by atoms with E-state index in [-0.39, 0.29) is 5.82 Å². The van der Waals surface area contributed by atoms with Crippen molar-refractivity contribution < 1.29 is 18.0 Å². The third kappa shape index (κ3) is 2.76. The lowest BCUT2D eigenvalue weighted by Crippen LogP contribution is -2.14. The summed E-state index contributed by atoms with van der Waals surface area (Å²) in [5.74, 6) is -0.705. The van der Waals surface area contributed by atoms with Gasteiger partial charge in [-0.1, -0.05) is 0 Å². The molecule has 8 heteroatoms. The van der Waals surface area contributed by atoms with Gasteiger partial charge in [-0.2, -0.15) is 13.2 Å². The first-order valence-electron chi connectivity index (χ1n) is 6.20. The van der Waals surface area contributed by atoms with E-state index in [1.807, 2.05) is 0 Å². The maximum absolute atomic E-state index is 12.6. The molecule has 3 aromatic rings. The first kappa shape index (κ1) is 14.1. The quantitative estimate of drug-likeness (QED) is 0.792. The van der Waals surface area contributed by atoms with Crippen LogP contribution in [0.2, 0.25) is 0 Å². The highest BCUT2D eigenvalue weighted by Crippen LogP contribution is 2.29. The summed E-state index contributed by atoms with van der Waals surface area (Å²) in [6.45, 7) is 0. The third-order valence-electron chi connectivity index (χ3n) is 3.01. The van der Waals surface area contributed by atoms with Crippen LogP contribution in [0.15, 0.2) is 49.2 Å². The molecule has 112 valence electrons. The van der Waals surface area contributed by atoms with Crippen molar-refractivity contribution >= 4 is 17.2 Å². The fourth-order valence-corrected chi connectivity index (χ4v) is 1.92. The van der Waals surface area contributed by atoms with E-state index in [1.165, 1.54) is 6.07 Å². The van der Waals surface area contributed by atoms with Gasteiger partial charge >= 0.3 is 6.18 Å². The van der Waals surface area contributed by atoms with E-state index >= 15 is 0 Å². The standard InChI is InChI=1S/C14H9F3N4O/c15-14(16,17)10-1-3-19-12(6-10)20-13(22)9-2-4-21-8-18-7-11(21)5-9/h1-8H,(H,19,20,22). The van der Waals surface area contributed by atoms with Gasteiger partial charge in [-0.05, 0) is 24.3 Å². The minimum Gasteiger partial charge on any atom is -0.307 e. The lowest BCUT2D eigenvalue weighted by Gasteiger charge is -2.09. The highest BCUT2D eigenvalue weighted by atomic mass is 19.4. The third-order valence-corrected chi connectivity index (χ3v) is 3.01. The van der Waals surface area contributed by atoms with Crippen molar-refractivity contribution in [2.45, 2.75) is 6.18 Å². The smallest absolute Gasteiger partial charge is 0.307 e. The van der Waals surface area contributed by atoms with E-state index < -0.39 is 17.6 Å². The number of carbonyl (C=O) groups is 1. The van der Waals surface area contributed by atoms with Crippen molar-refractivity contribution in [2.24, 2.45) is 0 Å². The zero-order valence-electron chi connectivity index (χ0n) is 11.0. The molecule has 3 aromatic heterocycles. The van der Waals surface area contributed by atoms with E-state index in [0.29, 0.717) is 11.1 Å². The number of rotatable bonds is 2. The van der Waals surface area contributed by atoms with Gasteiger partial charge < -0.3 is 9.72 Å². The molecule has 0 aliphatic heterocycles. The van der Waals surface area contributed by atoms with E-state index in [1.54, 1.807) is 29.2 Å². The van der Waals surface area contributed by atoms with Crippen molar-refractivity contribution in [2.75, 3.05) is 5.32 Å². The maximum atomic E-state index is 12.6. The Bertz CT molecular complexity index is 841. The van der Waals surface area contributed by atoms with Gasteiger partial charge in [-0.3, -0.25) is 4.79 Å². The lowest BCUT2D eigenvalue weighted by atomic mass is 10.2. The zero-order chi connectivity index (χ0) is 15.7. The van der Waals surface area contributed by atoms with Crippen molar-refractivity contribution in [1.29, 1.82) is 0 Å². The lowest BCUT2D eigenvalue weighted by molar-refractivity contribution is -0.137. The van der Waals surface area contributed by atoms with Crippen LogP contribution < -0.4 is 5.32 Å². The first-order chi connectivity index (χ1) is 10.4. The van der Waals surface area contributed by atoms with Crippen LogP contribution in [0.25, 0.3) is 5.52 Å². The van der Waals surface area contributed by atoms with Crippen LogP contribution in [0.1, 0.15) is 15.9 Å². The average molecular weight is 306 g/mol. The van der Waals surface area contributed by atoms with Crippen LogP contribution in [-0.4, -0.2) is 20.3 Å². The van der Waals surface area contributed by atoms with Gasteiger partial charge in [-0.15, -0.1) is 0 Å². The molecule has 0 radical (unpaired) electrons. The van der Waals surface area contributed by atoms with Crippen molar-refractivity contribution in [3.63, 3.8) is 0 Å². The van der Waals surface area contributed by atoms with Crippen molar-refractivity contribution in [3.8, 4) is 0 Å². The topological polar surface area (TPSA) is 59.3 Å². The summed E-state index contributed by atoms with van der Waals surface area (Å²) in [5.41, 5.74) is 0.126. The van der Waals surface area contributed by atoms with Crippen LogP contribution in [-0.2, 0) is 6.18 Å². The van der Waals surface area contributed by atoms with Gasteiger partial charge in [0.05, 0.1) is 23.6 Å². The van der Waals surface area contributed by atoms with Gasteiger partial charge in [0, 0.05) is 18.0 Å². The summed E-state index contributed by atoms with van der Waals surface area (Å²) in [7, 11) is 0. The van der Waals surface area contributed by atoms with E-state index in [0.717, 1.165) is 18.3 Å². The summed E-state index contributed by atoms with van der Waals surface area (Å²) in [4.78, 5) is 19.7. The highest BCUT2D eigenvalue weighted by Gasteiger charge is 2.30. The fraction of sp³-hybridized carbons (Fsp3) is 0.0714. The van der Waals surface area contributed by atoms with Gasteiger partial charge in [0.1, 0.15) is 5.82 Å². The Kier molecular flexibility index (Phi) is 3.28. The molecule has 1 N–H and O–H groups in total. The predicted octanol–water partition coefficient (Wildman–Crippen LogP) is 3.00. The molecule has 0 spiro atoms. The molecule has 3 heterocycles. The molecular weight excluding hydrogens is 297 g/mol. The predicted molar refractivity (Wildman–Crippen MR) is 72.4 cm³/mol. The molecule has 22 heavy (non-hydrogen) atoms. The number of aromatic nitrogens is 3. The number of alkyl halides is 3. The van der Waals surface area contributed by atoms with Crippen LogP contribution in [0.3, 0.4) is 0 Å². The second-order valence-corrected chi connectivity index (χ2v) is 4.52. The monoisotopic (exact) mass is 306 g/mol. The number of anilines is 1. The molecule has 3 rings (SSSR count). The molecule has 0 saturated carbocycles. The van der Waals surface area contributed by atoms with E-state index in [9.17, 15) is 18.0 Å². The fourth-order valence-electron chi connectivity index (χ4n) is 1.92. The second-order valence-electron chi connectivity index (χ2n) is 4.52. The Balaban J connectivity index is 1.84. The molecule has 0 saturated heterocycles. The van der Waals surface area contributed by atoms with E-state index in [4.69, 9.17) is 0 Å². The average Bonchev–Trinajstić information content (AvgIpc) is 2.94. The minimum atomic E-state index is -4.49. The number of nitrogens with zero attached hydrogens (tertiary/aromatic N) is 3. The molecule has 0 aromatic carbocycles. The van der Waals surface area contributed by atoms with Crippen LogP contribution in [0, 0.1) is 0 Å². The van der Waals surface area contributed by atoms with Gasteiger partial charge in [-0.25, -0.2) is 9.97 Å². The number of hydrogen-bond donors (Lipinski definition) is 1. The van der Waals surface area contributed by atoms with Gasteiger partial charge in [0.15, 0.2) is 0 Å². The highest BCUT2D eigenvalue weighted by molar-refractivity contribution is 6.04. The summed E-state index contributed by atoms with van der Waals surface area (Å²) < 4.78 is 39.6. The number of hydrogen-bond acceptors (Lipinski definition) is 3. The largest absolute Gasteiger partial charge is 0.416 e. The number of fused-ring (bicyclic) bond motifs is 1. The second kappa shape index (κ2) is 5.14. The number of pyridine rings is 2. The molecule has 0 aliphatic carbocycles. The summed E-state index contributed by atoms with van der Waals surface area (Å²) >= 11 is 0. The van der Waals surface area contributed by atoms with Crippen LogP contribution in [0.4, 0.5) is 19.0 Å². The Hall–Kier alpha value is -2.90. The van der Waals surface area contributed by atoms with Crippen LogP contribution >= 0.6 is 0 Å². The summed E-state index contributed by atoms with van der Waals surface area (Å²) in [6, 6.07) is 4.75. The zero-order valence-corrected chi connectivity index (χ0v) is 11.0. The maximum Gasteiger partial charge on any atom is 0.416 e. The Morgan fingerprint density at radius 1 is 1.23 bits per heavy atom. The van der Waals surface area contributed by atoms with Gasteiger partial charge in [0.2, 0.25) is 0 Å². The van der Waals surface area contributed by atoms with Crippen molar-refractivity contribution in [3.05, 3.63) is 60.3 Å². The number of halogens is 3. The Labute approximate surface area is 122 Å². The molecule has 1 amide bonds. The molecule has 0 aliphatic rings. The van der Waals surface area contributed by atoms with Crippen molar-refractivity contribution in [1.82, 2.24) is 14.4 Å². The molecule has 5 nitrogen and oxygen atoms in total. The number of nitrogens with one attached hydrogen (secondary N) is 1. The molecule has 0 fully saturated rings. The van der Waals surface area contributed by atoms with E-state index in [2.05, 4.69) is 15.3 Å². The Morgan fingerprint density at radius 3 is 2.82 bits per heavy atom. The number of amides is 1.